The van der Waals surface area contributed by atoms with Crippen molar-refractivity contribution in [3.8, 4) is 11.3 Å². The quantitative estimate of drug-likeness (QED) is 0.414. The van der Waals surface area contributed by atoms with Crippen molar-refractivity contribution in [1.82, 2.24) is 20.5 Å². The Morgan fingerprint density at radius 2 is 1.84 bits per heavy atom. The van der Waals surface area contributed by atoms with Crippen LogP contribution in [0.2, 0.25) is 0 Å². The van der Waals surface area contributed by atoms with E-state index in [1.54, 1.807) is 26.1 Å². The van der Waals surface area contributed by atoms with E-state index in [1.807, 2.05) is 28.5 Å². The van der Waals surface area contributed by atoms with E-state index < -0.39 is 12.1 Å². The highest BCUT2D eigenvalue weighted by atomic mass is 32.1. The van der Waals surface area contributed by atoms with Gasteiger partial charge in [-0.2, -0.15) is 0 Å². The van der Waals surface area contributed by atoms with Gasteiger partial charge >= 0.3 is 0 Å². The lowest BCUT2D eigenvalue weighted by atomic mass is 9.81. The van der Waals surface area contributed by atoms with Gasteiger partial charge in [0.15, 0.2) is 0 Å². The number of carbonyl (C=O) groups is 2. The number of fused-ring (bicyclic) bond motifs is 1. The van der Waals surface area contributed by atoms with E-state index in [2.05, 4.69) is 10.6 Å². The molecule has 2 aliphatic rings. The number of carbonyl (C=O) groups excluding carboxylic acids is 2. The first-order valence-corrected chi connectivity index (χ1v) is 14.3. The number of nitrogens with one attached hydrogen (secondary N) is 2. The number of aliphatic hydroxyl groups is 1. The maximum Gasteiger partial charge on any atom is 0.246 e. The molecular formula is C29H35FN4O3S. The van der Waals surface area contributed by atoms with Gasteiger partial charge in [-0.25, -0.2) is 9.37 Å². The highest BCUT2D eigenvalue weighted by molar-refractivity contribution is 7.10. The minimum atomic E-state index is -0.633. The zero-order valence-corrected chi connectivity index (χ0v) is 22.6. The molecule has 0 spiro atoms. The summed E-state index contributed by atoms with van der Waals surface area (Å²) >= 11 is 1.52. The van der Waals surface area contributed by atoms with Crippen molar-refractivity contribution in [1.29, 1.82) is 0 Å². The second-order valence-corrected chi connectivity index (χ2v) is 11.4. The van der Waals surface area contributed by atoms with Crippen molar-refractivity contribution >= 4 is 33.9 Å². The molecule has 0 unspecified atom stereocenters. The lowest BCUT2D eigenvalue weighted by molar-refractivity contribution is -0.139. The first-order chi connectivity index (χ1) is 18.4. The summed E-state index contributed by atoms with van der Waals surface area (Å²) in [6.45, 7) is 2.39. The number of aliphatic hydroxyl groups excluding tert-OH is 1. The molecule has 3 aromatic rings. The van der Waals surface area contributed by atoms with E-state index in [1.165, 1.54) is 17.4 Å². The molecule has 0 radical (unpaired) electrons. The van der Waals surface area contributed by atoms with Crippen molar-refractivity contribution in [2.45, 2.75) is 69.7 Å². The number of rotatable bonds is 7. The third-order valence-corrected chi connectivity index (χ3v) is 9.04. The molecule has 2 amide bonds. The van der Waals surface area contributed by atoms with Crippen LogP contribution in [0.5, 0.6) is 0 Å². The fourth-order valence-electron chi connectivity index (χ4n) is 5.74. The maximum absolute atomic E-state index is 14.4. The van der Waals surface area contributed by atoms with Gasteiger partial charge in [0, 0.05) is 22.9 Å². The van der Waals surface area contributed by atoms with E-state index in [4.69, 9.17) is 4.98 Å². The van der Waals surface area contributed by atoms with Gasteiger partial charge in [-0.3, -0.25) is 9.59 Å². The lowest BCUT2D eigenvalue weighted by Gasteiger charge is -2.36. The molecule has 5 rings (SSSR count). The Morgan fingerprint density at radius 1 is 1.11 bits per heavy atom. The number of likely N-dealkylation sites (tertiary alicyclic amines) is 1. The van der Waals surface area contributed by atoms with Crippen molar-refractivity contribution in [3.05, 3.63) is 52.6 Å². The summed E-state index contributed by atoms with van der Waals surface area (Å²) in [7, 11) is 1.72. The lowest BCUT2D eigenvalue weighted by Crippen LogP contribution is -2.55. The zero-order valence-electron chi connectivity index (χ0n) is 21.8. The molecule has 1 aliphatic carbocycles. The molecular weight excluding hydrogens is 503 g/mol. The second-order valence-electron chi connectivity index (χ2n) is 10.5. The predicted molar refractivity (Wildman–Crippen MR) is 147 cm³/mol. The molecule has 0 bridgehead atoms. The van der Waals surface area contributed by atoms with Crippen LogP contribution in [0.3, 0.4) is 0 Å². The SMILES string of the molecule is CN[C@@H](C)C(=O)N[C@H](C(=O)N1CCC[C@H]1c1nc(-c2ccc(F)c3ccccc23)cs1)C1CCC(O)CC1. The summed E-state index contributed by atoms with van der Waals surface area (Å²) in [6, 6.07) is 9.41. The molecule has 3 N–H and O–H groups in total. The molecule has 1 aromatic heterocycles. The number of likely N-dealkylation sites (N-methyl/N-ethyl adjacent to an activating group) is 1. The highest BCUT2D eigenvalue weighted by Crippen LogP contribution is 2.39. The summed E-state index contributed by atoms with van der Waals surface area (Å²) in [5, 5.41) is 20.2. The standard InChI is InChI=1S/C29H35FN4O3S/c1-17(31-2)27(36)33-26(18-9-11-19(35)12-10-18)29(37)34-15-5-8-25(34)28-32-24(16-38-28)22-13-14-23(30)21-7-4-3-6-20(21)22/h3-4,6-7,13-14,16-19,25-26,31,35H,5,8-12,15H2,1-2H3,(H,33,36)/t17-,18?,19?,25-,26-/m0/s1. The van der Waals surface area contributed by atoms with Crippen molar-refractivity contribution in [2.24, 2.45) is 5.92 Å². The zero-order chi connectivity index (χ0) is 26.8. The molecule has 9 heteroatoms. The molecule has 1 saturated carbocycles. The monoisotopic (exact) mass is 538 g/mol. The largest absolute Gasteiger partial charge is 0.393 e. The topological polar surface area (TPSA) is 94.6 Å². The van der Waals surface area contributed by atoms with Gasteiger partial charge in [0.25, 0.3) is 0 Å². The number of amides is 2. The van der Waals surface area contributed by atoms with E-state index in [0.29, 0.717) is 37.6 Å². The van der Waals surface area contributed by atoms with Gasteiger partial charge in [-0.1, -0.05) is 24.3 Å². The van der Waals surface area contributed by atoms with E-state index >= 15 is 0 Å². The van der Waals surface area contributed by atoms with Gasteiger partial charge in [-0.15, -0.1) is 11.3 Å². The molecule has 2 fully saturated rings. The van der Waals surface area contributed by atoms with E-state index in [-0.39, 0.29) is 35.7 Å². The Morgan fingerprint density at radius 3 is 2.58 bits per heavy atom. The first kappa shape index (κ1) is 26.7. The van der Waals surface area contributed by atoms with Crippen LogP contribution < -0.4 is 10.6 Å². The van der Waals surface area contributed by atoms with Crippen LogP contribution in [0.1, 0.15) is 56.5 Å². The van der Waals surface area contributed by atoms with Crippen molar-refractivity contribution in [2.75, 3.05) is 13.6 Å². The molecule has 2 aromatic carbocycles. The van der Waals surface area contributed by atoms with Crippen LogP contribution >= 0.6 is 11.3 Å². The van der Waals surface area contributed by atoms with Crippen LogP contribution in [-0.2, 0) is 9.59 Å². The van der Waals surface area contributed by atoms with Crippen molar-refractivity contribution < 1.29 is 19.1 Å². The second kappa shape index (κ2) is 11.5. The third-order valence-electron chi connectivity index (χ3n) is 8.09. The molecule has 38 heavy (non-hydrogen) atoms. The van der Waals surface area contributed by atoms with Crippen LogP contribution in [-0.4, -0.2) is 58.6 Å². The minimum absolute atomic E-state index is 0.0161. The highest BCUT2D eigenvalue weighted by Gasteiger charge is 2.40. The molecule has 3 atom stereocenters. The Labute approximate surface area is 226 Å². The summed E-state index contributed by atoms with van der Waals surface area (Å²) in [6.07, 6.45) is 3.99. The average Bonchev–Trinajstić information content (AvgIpc) is 3.62. The van der Waals surface area contributed by atoms with E-state index in [9.17, 15) is 19.1 Å². The number of benzene rings is 2. The number of thiazole rings is 1. The summed E-state index contributed by atoms with van der Waals surface area (Å²) in [5.41, 5.74) is 1.64. The molecule has 2 heterocycles. The van der Waals surface area contributed by atoms with Gasteiger partial charge in [0.2, 0.25) is 11.8 Å². The third kappa shape index (κ3) is 5.32. The first-order valence-electron chi connectivity index (χ1n) is 13.5. The minimum Gasteiger partial charge on any atom is -0.393 e. The fourth-order valence-corrected chi connectivity index (χ4v) is 6.71. The molecule has 1 saturated heterocycles. The van der Waals surface area contributed by atoms with Gasteiger partial charge < -0.3 is 20.6 Å². The number of hydrogen-bond donors (Lipinski definition) is 3. The number of nitrogens with zero attached hydrogens (tertiary/aromatic N) is 2. The van der Waals surface area contributed by atoms with Gasteiger partial charge in [0.1, 0.15) is 16.9 Å². The molecule has 1 aliphatic heterocycles. The van der Waals surface area contributed by atoms with Gasteiger partial charge in [-0.05, 0) is 75.9 Å². The normalized spacial score (nSPS) is 23.4. The Hall–Kier alpha value is -2.88. The fraction of sp³-hybridized carbons (Fsp3) is 0.483. The number of halogens is 1. The van der Waals surface area contributed by atoms with Crippen LogP contribution in [0.15, 0.2) is 41.8 Å². The molecule has 7 nitrogen and oxygen atoms in total. The van der Waals surface area contributed by atoms with Gasteiger partial charge in [0.05, 0.1) is 23.9 Å². The maximum atomic E-state index is 14.4. The Kier molecular flexibility index (Phi) is 8.07. The summed E-state index contributed by atoms with van der Waals surface area (Å²) in [5.74, 6) is -0.553. The Bertz CT molecular complexity index is 1310. The van der Waals surface area contributed by atoms with Crippen LogP contribution in [0, 0.1) is 11.7 Å². The van der Waals surface area contributed by atoms with E-state index in [0.717, 1.165) is 34.5 Å². The summed E-state index contributed by atoms with van der Waals surface area (Å²) < 4.78 is 14.4. The summed E-state index contributed by atoms with van der Waals surface area (Å²) in [4.78, 5) is 33.6. The Balaban J connectivity index is 1.40. The van der Waals surface area contributed by atoms with Crippen molar-refractivity contribution in [3.63, 3.8) is 0 Å². The average molecular weight is 539 g/mol. The predicted octanol–water partition coefficient (Wildman–Crippen LogP) is 4.41. The van der Waals surface area contributed by atoms with Crippen LogP contribution in [0.25, 0.3) is 22.0 Å². The number of aromatic nitrogens is 1. The number of hydrogen-bond acceptors (Lipinski definition) is 6. The van der Waals surface area contributed by atoms with Crippen LogP contribution in [0.4, 0.5) is 4.39 Å². The molecule has 202 valence electrons. The smallest absolute Gasteiger partial charge is 0.246 e.